The van der Waals surface area contributed by atoms with E-state index < -0.39 is 5.82 Å². The summed E-state index contributed by atoms with van der Waals surface area (Å²) in [6.07, 6.45) is 0. The van der Waals surface area contributed by atoms with E-state index in [1.54, 1.807) is 78.9 Å². The lowest BCUT2D eigenvalue weighted by Gasteiger charge is -2.01. The van der Waals surface area contributed by atoms with Crippen molar-refractivity contribution in [2.75, 3.05) is 32.2 Å². The second-order valence-corrected chi connectivity index (χ2v) is 12.8. The summed E-state index contributed by atoms with van der Waals surface area (Å²) in [6.45, 7) is -0.133. The van der Waals surface area contributed by atoms with Gasteiger partial charge in [-0.2, -0.15) is 26.3 Å². The summed E-state index contributed by atoms with van der Waals surface area (Å²) in [6, 6.07) is 38.2. The second-order valence-electron chi connectivity index (χ2n) is 9.70. The number of para-hydroxylation sites is 2. The van der Waals surface area contributed by atoms with Crippen LogP contribution < -0.4 is 18.9 Å². The molecule has 0 unspecified atom stereocenters. The van der Waals surface area contributed by atoms with Gasteiger partial charge < -0.3 is 18.9 Å². The highest BCUT2D eigenvalue weighted by Crippen LogP contribution is 2.28. The summed E-state index contributed by atoms with van der Waals surface area (Å²) in [5, 5.41) is 43.5. The summed E-state index contributed by atoms with van der Waals surface area (Å²) in [4.78, 5) is 0.964. The zero-order chi connectivity index (χ0) is 42.3. The minimum Gasteiger partial charge on any atom is -0.479 e. The maximum Gasteiger partial charge on any atom is 0.174 e. The first-order chi connectivity index (χ1) is 27.5. The van der Waals surface area contributed by atoms with E-state index in [0.717, 1.165) is 4.90 Å². The molecule has 17 heteroatoms. The molecule has 0 saturated carbocycles. The van der Waals surface area contributed by atoms with Crippen LogP contribution in [0.3, 0.4) is 0 Å². The lowest BCUT2D eigenvalue weighted by Crippen LogP contribution is -1.95. The summed E-state index contributed by atoms with van der Waals surface area (Å²) < 4.78 is 44.7. The standard InChI is InChI=1S/C8H5Cl2NO.C8H5Cl2NS.C8H6ClNO.2C8H6FNO/c2*9-7-2-1-6(5-8(7)10)12-4-3-11;9-7-3-1-2-4-8(7)11-6-5-10;9-7-2-1-3-8(6-7)11-5-4-10;9-7-3-1-2-4-8(7)11-6-5-10/h2*1-2,5H,4H2;1-4H,6H2;1-3,6H,5H2;1-4H,6H2. The molecule has 0 radical (unpaired) electrons. The molecule has 0 N–H and O–H groups in total. The molecule has 292 valence electrons. The Balaban J connectivity index is 0.000000356. The molecule has 5 aromatic carbocycles. The third-order valence-corrected chi connectivity index (χ3v) is 8.40. The number of nitrogens with zero attached hydrogens (tertiary/aromatic N) is 5. The van der Waals surface area contributed by atoms with Crippen LogP contribution in [0.2, 0.25) is 25.1 Å². The quantitative estimate of drug-likeness (QED) is 0.124. The van der Waals surface area contributed by atoms with Crippen molar-refractivity contribution in [1.29, 1.82) is 26.3 Å². The Morgan fingerprint density at radius 3 is 1.49 bits per heavy atom. The third kappa shape index (κ3) is 22.5. The minimum atomic E-state index is -0.442. The Morgan fingerprint density at radius 1 is 0.456 bits per heavy atom. The van der Waals surface area contributed by atoms with Crippen molar-refractivity contribution in [1.82, 2.24) is 0 Å². The van der Waals surface area contributed by atoms with Crippen LogP contribution >= 0.6 is 69.8 Å². The van der Waals surface area contributed by atoms with E-state index in [-0.39, 0.29) is 38.0 Å². The number of hydrogen-bond donors (Lipinski definition) is 0. The van der Waals surface area contributed by atoms with Crippen LogP contribution in [0.5, 0.6) is 23.0 Å². The zero-order valence-corrected chi connectivity index (χ0v) is 33.9. The predicted octanol–water partition coefficient (Wildman–Crippen LogP) is 12.2. The summed E-state index contributed by atoms with van der Waals surface area (Å²) >= 11 is 30.0. The van der Waals surface area contributed by atoms with Crippen LogP contribution in [0, 0.1) is 68.3 Å². The SMILES string of the molecule is N#CCOc1ccc(Cl)c(Cl)c1.N#CCOc1cccc(F)c1.N#CCOc1ccccc1Cl.N#CCOc1ccccc1F.N#CCSc1ccc(Cl)c(Cl)c1. The van der Waals surface area contributed by atoms with Crippen molar-refractivity contribution in [2.45, 2.75) is 4.90 Å². The Hall–Kier alpha value is -5.59. The average Bonchev–Trinajstić information content (AvgIpc) is 3.21. The predicted molar refractivity (Wildman–Crippen MR) is 218 cm³/mol. The van der Waals surface area contributed by atoms with Gasteiger partial charge >= 0.3 is 0 Å². The van der Waals surface area contributed by atoms with Crippen LogP contribution in [0.4, 0.5) is 8.78 Å². The molecule has 0 aliphatic carbocycles. The minimum absolute atomic E-state index is 0.0119. The van der Waals surface area contributed by atoms with Crippen LogP contribution in [0.1, 0.15) is 0 Å². The molecule has 0 spiro atoms. The van der Waals surface area contributed by atoms with Crippen LogP contribution in [-0.4, -0.2) is 32.2 Å². The molecular formula is C40H28Cl5F2N5O4S. The number of ether oxygens (including phenoxy) is 4. The van der Waals surface area contributed by atoms with Crippen molar-refractivity contribution in [2.24, 2.45) is 0 Å². The van der Waals surface area contributed by atoms with Crippen LogP contribution in [-0.2, 0) is 0 Å². The molecule has 9 nitrogen and oxygen atoms in total. The van der Waals surface area contributed by atoms with Gasteiger partial charge in [0.2, 0.25) is 0 Å². The average molecular weight is 890 g/mol. The second kappa shape index (κ2) is 30.6. The zero-order valence-electron chi connectivity index (χ0n) is 29.4. The molecule has 5 aromatic rings. The number of halogens is 7. The Morgan fingerprint density at radius 2 is 0.965 bits per heavy atom. The topological polar surface area (TPSA) is 156 Å². The number of hydrogen-bond acceptors (Lipinski definition) is 10. The molecule has 0 amide bonds. The van der Waals surface area contributed by atoms with Gasteiger partial charge in [0.15, 0.2) is 38.0 Å². The van der Waals surface area contributed by atoms with Gasteiger partial charge in [0.05, 0.1) is 36.9 Å². The fourth-order valence-electron chi connectivity index (χ4n) is 3.38. The van der Waals surface area contributed by atoms with Gasteiger partial charge in [-0.1, -0.05) is 88.3 Å². The molecule has 0 heterocycles. The normalized spacial score (nSPS) is 8.95. The van der Waals surface area contributed by atoms with Gasteiger partial charge in [-0.3, -0.25) is 0 Å². The third-order valence-electron chi connectivity index (χ3n) is 5.75. The van der Waals surface area contributed by atoms with Gasteiger partial charge in [-0.25, -0.2) is 8.78 Å². The number of nitriles is 5. The molecule has 0 saturated heterocycles. The maximum absolute atomic E-state index is 12.7. The van der Waals surface area contributed by atoms with Crippen molar-refractivity contribution in [3.05, 3.63) is 146 Å². The first-order valence-corrected chi connectivity index (χ1v) is 18.5. The fourth-order valence-corrected chi connectivity index (χ4v) is 4.82. The van der Waals surface area contributed by atoms with Gasteiger partial charge in [-0.15, -0.1) is 11.8 Å². The number of rotatable bonds is 10. The van der Waals surface area contributed by atoms with Gasteiger partial charge in [0.25, 0.3) is 0 Å². The molecule has 0 aliphatic heterocycles. The van der Waals surface area contributed by atoms with E-state index in [4.69, 9.17) is 103 Å². The molecule has 0 aliphatic rings. The van der Waals surface area contributed by atoms with E-state index in [0.29, 0.717) is 48.1 Å². The molecule has 57 heavy (non-hydrogen) atoms. The van der Waals surface area contributed by atoms with Crippen molar-refractivity contribution >= 4 is 69.8 Å². The molecule has 0 fully saturated rings. The smallest absolute Gasteiger partial charge is 0.174 e. The highest BCUT2D eigenvalue weighted by molar-refractivity contribution is 7.99. The largest absolute Gasteiger partial charge is 0.479 e. The first-order valence-electron chi connectivity index (χ1n) is 15.6. The maximum atomic E-state index is 12.7. The van der Waals surface area contributed by atoms with E-state index >= 15 is 0 Å². The van der Waals surface area contributed by atoms with Crippen LogP contribution in [0.25, 0.3) is 0 Å². The molecule has 5 rings (SSSR count). The highest BCUT2D eigenvalue weighted by Gasteiger charge is 2.01. The Bertz CT molecular complexity index is 2080. The van der Waals surface area contributed by atoms with E-state index in [2.05, 4.69) is 0 Å². The molecular weight excluding hydrogens is 862 g/mol. The summed E-state index contributed by atoms with van der Waals surface area (Å²) in [7, 11) is 0. The van der Waals surface area contributed by atoms with Crippen molar-refractivity contribution in [3.8, 4) is 53.3 Å². The van der Waals surface area contributed by atoms with Crippen molar-refractivity contribution in [3.63, 3.8) is 0 Å². The first kappa shape index (κ1) is 49.4. The number of benzene rings is 5. The molecule has 0 bridgehead atoms. The Kier molecular flexibility index (Phi) is 26.5. The summed E-state index contributed by atoms with van der Waals surface area (Å²) in [5.41, 5.74) is 0. The van der Waals surface area contributed by atoms with E-state index in [9.17, 15) is 8.78 Å². The fraction of sp³-hybridized carbons (Fsp3) is 0.125. The lowest BCUT2D eigenvalue weighted by atomic mass is 10.3. The summed E-state index contributed by atoms with van der Waals surface area (Å²) in [5.74, 6) is 1.23. The Labute approximate surface area is 358 Å². The van der Waals surface area contributed by atoms with Gasteiger partial charge in [0, 0.05) is 17.0 Å². The highest BCUT2D eigenvalue weighted by atomic mass is 35.5. The van der Waals surface area contributed by atoms with Crippen LogP contribution in [0.15, 0.2) is 114 Å². The van der Waals surface area contributed by atoms with E-state index in [1.807, 2.05) is 30.3 Å². The monoisotopic (exact) mass is 887 g/mol. The number of thioether (sulfide) groups is 1. The van der Waals surface area contributed by atoms with Gasteiger partial charge in [-0.05, 0) is 66.7 Å². The van der Waals surface area contributed by atoms with Crippen molar-refractivity contribution < 1.29 is 27.7 Å². The van der Waals surface area contributed by atoms with Gasteiger partial charge in [0.1, 0.15) is 47.3 Å². The molecule has 0 atom stereocenters. The molecule has 0 aromatic heterocycles. The van der Waals surface area contributed by atoms with E-state index in [1.165, 1.54) is 42.1 Å². The lowest BCUT2D eigenvalue weighted by molar-refractivity contribution is 0.346.